The van der Waals surface area contributed by atoms with Gasteiger partial charge in [0.15, 0.2) is 0 Å². The van der Waals surface area contributed by atoms with Crippen LogP contribution in [0.2, 0.25) is 5.15 Å². The summed E-state index contributed by atoms with van der Waals surface area (Å²) in [6.07, 6.45) is 4.46. The third-order valence-corrected chi connectivity index (χ3v) is 2.97. The molecule has 0 unspecified atom stereocenters. The van der Waals surface area contributed by atoms with Crippen LogP contribution in [-0.2, 0) is 4.79 Å². The van der Waals surface area contributed by atoms with Gasteiger partial charge in [0.1, 0.15) is 11.0 Å². The molecule has 1 heterocycles. The Morgan fingerprint density at radius 2 is 2.05 bits per heavy atom. The highest BCUT2D eigenvalue weighted by Gasteiger charge is 2.01. The molecular formula is C15H12ClFN2O. The maximum Gasteiger partial charge on any atom is 0.248 e. The number of carbonyl (C=O) groups is 1. The van der Waals surface area contributed by atoms with E-state index in [9.17, 15) is 9.18 Å². The zero-order valence-corrected chi connectivity index (χ0v) is 11.5. The molecule has 1 aromatic carbocycles. The lowest BCUT2D eigenvalue weighted by Gasteiger charge is -2.03. The van der Waals surface area contributed by atoms with Crippen molar-refractivity contribution in [3.05, 3.63) is 64.7 Å². The predicted molar refractivity (Wildman–Crippen MR) is 78.0 cm³/mol. The van der Waals surface area contributed by atoms with Crippen LogP contribution in [0.25, 0.3) is 6.08 Å². The first-order valence-corrected chi connectivity index (χ1v) is 6.29. The number of aromatic nitrogens is 1. The minimum atomic E-state index is -0.311. The summed E-state index contributed by atoms with van der Waals surface area (Å²) in [5.74, 6) is -0.604. The number of nitrogens with zero attached hydrogens (tertiary/aromatic N) is 1. The molecule has 0 spiro atoms. The zero-order valence-electron chi connectivity index (χ0n) is 10.7. The summed E-state index contributed by atoms with van der Waals surface area (Å²) >= 11 is 5.80. The lowest BCUT2D eigenvalue weighted by Crippen LogP contribution is -2.08. The fraction of sp³-hybridized carbons (Fsp3) is 0.0667. The van der Waals surface area contributed by atoms with Gasteiger partial charge >= 0.3 is 0 Å². The highest BCUT2D eigenvalue weighted by molar-refractivity contribution is 6.30. The predicted octanol–water partition coefficient (Wildman–Crippen LogP) is 3.83. The number of rotatable bonds is 3. The smallest absolute Gasteiger partial charge is 0.248 e. The minimum Gasteiger partial charge on any atom is -0.321 e. The van der Waals surface area contributed by atoms with Crippen molar-refractivity contribution in [2.24, 2.45) is 0 Å². The number of nitrogens with one attached hydrogen (secondary N) is 1. The maximum absolute atomic E-state index is 12.7. The van der Waals surface area contributed by atoms with Gasteiger partial charge in [-0.3, -0.25) is 4.79 Å². The number of amides is 1. The summed E-state index contributed by atoms with van der Waals surface area (Å²) in [6, 6.07) is 7.59. The second kappa shape index (κ2) is 6.30. The van der Waals surface area contributed by atoms with Crippen molar-refractivity contribution in [2.45, 2.75) is 6.92 Å². The van der Waals surface area contributed by atoms with Gasteiger partial charge < -0.3 is 5.32 Å². The largest absolute Gasteiger partial charge is 0.321 e. The van der Waals surface area contributed by atoms with E-state index in [1.165, 1.54) is 24.4 Å². The average Bonchev–Trinajstić information content (AvgIpc) is 2.42. The van der Waals surface area contributed by atoms with Crippen molar-refractivity contribution in [2.75, 3.05) is 5.32 Å². The summed E-state index contributed by atoms with van der Waals surface area (Å²) in [5.41, 5.74) is 2.10. The van der Waals surface area contributed by atoms with Crippen LogP contribution in [0.3, 0.4) is 0 Å². The molecular weight excluding hydrogens is 279 g/mol. The summed E-state index contributed by atoms with van der Waals surface area (Å²) in [7, 11) is 0. The Kier molecular flexibility index (Phi) is 4.48. The van der Waals surface area contributed by atoms with E-state index < -0.39 is 0 Å². The molecule has 2 aromatic rings. The SMILES string of the molecule is Cc1cc(NC(=O)/C=C/c2ccc(F)cc2)cnc1Cl. The first kappa shape index (κ1) is 14.2. The molecule has 0 aliphatic heterocycles. The number of halogens is 2. The van der Waals surface area contributed by atoms with Crippen LogP contribution in [0.4, 0.5) is 10.1 Å². The van der Waals surface area contributed by atoms with E-state index in [0.717, 1.165) is 11.1 Å². The van der Waals surface area contributed by atoms with Crippen LogP contribution in [0.5, 0.6) is 0 Å². The van der Waals surface area contributed by atoms with E-state index in [0.29, 0.717) is 10.8 Å². The number of hydrogen-bond donors (Lipinski definition) is 1. The fourth-order valence-corrected chi connectivity index (χ4v) is 1.66. The standard InChI is InChI=1S/C15H12ClFN2O/c1-10-8-13(9-18-15(10)16)19-14(20)7-4-11-2-5-12(17)6-3-11/h2-9H,1H3,(H,19,20)/b7-4+. The van der Waals surface area contributed by atoms with Gasteiger partial charge in [-0.1, -0.05) is 23.7 Å². The van der Waals surface area contributed by atoms with Crippen LogP contribution in [0, 0.1) is 12.7 Å². The van der Waals surface area contributed by atoms with Gasteiger partial charge in [0.05, 0.1) is 11.9 Å². The van der Waals surface area contributed by atoms with E-state index >= 15 is 0 Å². The van der Waals surface area contributed by atoms with E-state index in [2.05, 4.69) is 10.3 Å². The van der Waals surface area contributed by atoms with Crippen LogP contribution < -0.4 is 5.32 Å². The molecule has 0 fully saturated rings. The first-order chi connectivity index (χ1) is 9.54. The van der Waals surface area contributed by atoms with Crippen molar-refractivity contribution >= 4 is 29.3 Å². The summed E-state index contributed by atoms with van der Waals surface area (Å²) in [5, 5.41) is 3.08. The van der Waals surface area contributed by atoms with E-state index in [4.69, 9.17) is 11.6 Å². The highest BCUT2D eigenvalue weighted by Crippen LogP contribution is 2.16. The molecule has 1 N–H and O–H groups in total. The molecule has 0 saturated heterocycles. The van der Waals surface area contributed by atoms with Crippen LogP contribution in [0.15, 0.2) is 42.6 Å². The number of carbonyl (C=O) groups excluding carboxylic acids is 1. The highest BCUT2D eigenvalue weighted by atomic mass is 35.5. The van der Waals surface area contributed by atoms with Crippen molar-refractivity contribution in [3.63, 3.8) is 0 Å². The van der Waals surface area contributed by atoms with Crippen LogP contribution >= 0.6 is 11.6 Å². The number of benzene rings is 1. The second-order valence-corrected chi connectivity index (χ2v) is 4.56. The van der Waals surface area contributed by atoms with E-state index in [-0.39, 0.29) is 11.7 Å². The lowest BCUT2D eigenvalue weighted by molar-refractivity contribution is -0.111. The maximum atomic E-state index is 12.7. The van der Waals surface area contributed by atoms with Gasteiger partial charge in [-0.25, -0.2) is 9.37 Å². The number of hydrogen-bond acceptors (Lipinski definition) is 2. The topological polar surface area (TPSA) is 42.0 Å². The normalized spacial score (nSPS) is 10.8. The van der Waals surface area contributed by atoms with Gasteiger partial charge in [-0.2, -0.15) is 0 Å². The molecule has 2 rings (SSSR count). The number of anilines is 1. The minimum absolute atomic E-state index is 0.294. The van der Waals surface area contributed by atoms with Crippen molar-refractivity contribution in [1.29, 1.82) is 0 Å². The molecule has 0 atom stereocenters. The van der Waals surface area contributed by atoms with Gasteiger partial charge in [0.25, 0.3) is 0 Å². The van der Waals surface area contributed by atoms with Crippen LogP contribution in [-0.4, -0.2) is 10.9 Å². The third-order valence-electron chi connectivity index (χ3n) is 2.58. The Labute approximate surface area is 121 Å². The Hall–Kier alpha value is -2.20. The first-order valence-electron chi connectivity index (χ1n) is 5.91. The molecule has 0 bridgehead atoms. The molecule has 1 aromatic heterocycles. The van der Waals surface area contributed by atoms with Gasteiger partial charge in [0.2, 0.25) is 5.91 Å². The number of aryl methyl sites for hydroxylation is 1. The van der Waals surface area contributed by atoms with Crippen molar-refractivity contribution < 1.29 is 9.18 Å². The van der Waals surface area contributed by atoms with Gasteiger partial charge in [-0.15, -0.1) is 0 Å². The number of pyridine rings is 1. The third kappa shape index (κ3) is 3.90. The average molecular weight is 291 g/mol. The summed E-state index contributed by atoms with van der Waals surface area (Å²) < 4.78 is 12.7. The zero-order chi connectivity index (χ0) is 14.5. The summed E-state index contributed by atoms with van der Waals surface area (Å²) in [4.78, 5) is 15.7. The lowest BCUT2D eigenvalue weighted by atomic mass is 10.2. The second-order valence-electron chi connectivity index (χ2n) is 4.21. The molecule has 102 valence electrons. The van der Waals surface area contributed by atoms with E-state index in [1.54, 1.807) is 31.2 Å². The monoisotopic (exact) mass is 290 g/mol. The van der Waals surface area contributed by atoms with Crippen molar-refractivity contribution in [1.82, 2.24) is 4.98 Å². The molecule has 5 heteroatoms. The van der Waals surface area contributed by atoms with Gasteiger partial charge in [0, 0.05) is 6.08 Å². The molecule has 3 nitrogen and oxygen atoms in total. The molecule has 20 heavy (non-hydrogen) atoms. The Morgan fingerprint density at radius 3 is 2.70 bits per heavy atom. The molecule has 0 aliphatic rings. The molecule has 0 saturated carbocycles. The Bertz CT molecular complexity index is 653. The van der Waals surface area contributed by atoms with Gasteiger partial charge in [-0.05, 0) is 42.3 Å². The van der Waals surface area contributed by atoms with Crippen LogP contribution in [0.1, 0.15) is 11.1 Å². The summed E-state index contributed by atoms with van der Waals surface area (Å²) in [6.45, 7) is 1.80. The molecule has 0 radical (unpaired) electrons. The Morgan fingerprint density at radius 1 is 1.35 bits per heavy atom. The van der Waals surface area contributed by atoms with E-state index in [1.807, 2.05) is 0 Å². The molecule has 1 amide bonds. The quantitative estimate of drug-likeness (QED) is 0.689. The Balaban J connectivity index is 2.01. The molecule has 0 aliphatic carbocycles. The van der Waals surface area contributed by atoms with Crippen molar-refractivity contribution in [3.8, 4) is 0 Å². The fourth-order valence-electron chi connectivity index (χ4n) is 1.56.